The predicted molar refractivity (Wildman–Crippen MR) is 122 cm³/mol. The molecule has 1 fully saturated rings. The van der Waals surface area contributed by atoms with Gasteiger partial charge in [0.05, 0.1) is 29.2 Å². The number of nitrogens with zero attached hydrogens (tertiary/aromatic N) is 3. The Labute approximate surface area is 202 Å². The molecule has 0 atom stereocenters. The highest BCUT2D eigenvalue weighted by atomic mass is 35.5. The Balaban J connectivity index is 1.67. The topological polar surface area (TPSA) is 68.0 Å². The minimum Gasteiger partial charge on any atom is -0.478 e. The number of fused-ring (bicyclic) bond motifs is 1. The summed E-state index contributed by atoms with van der Waals surface area (Å²) in [7, 11) is 0. The lowest BCUT2D eigenvalue weighted by molar-refractivity contribution is -0.137. The summed E-state index contributed by atoms with van der Waals surface area (Å²) >= 11 is 5.91. The molecule has 2 aromatic carbocycles. The molecule has 0 radical (unpaired) electrons. The molecule has 1 N–H and O–H groups in total. The molecule has 4 aromatic rings. The van der Waals surface area contributed by atoms with E-state index in [1.807, 2.05) is 0 Å². The fourth-order valence-corrected chi connectivity index (χ4v) is 4.94. The molecular weight excluding hydrogens is 486 g/mol. The third-order valence-electron chi connectivity index (χ3n) is 6.33. The molecule has 180 valence electrons. The van der Waals surface area contributed by atoms with Crippen molar-refractivity contribution in [3.05, 3.63) is 76.3 Å². The second kappa shape index (κ2) is 8.64. The highest BCUT2D eigenvalue weighted by Crippen LogP contribution is 2.39. The van der Waals surface area contributed by atoms with Crippen molar-refractivity contribution < 1.29 is 27.5 Å². The maximum atomic E-state index is 15.1. The third kappa shape index (κ3) is 4.36. The molecule has 0 aliphatic heterocycles. The SMILES string of the molecule is O=C(O)c1ccc(-c2c(F)cnc3cn(-c4cc(Cl)cc(C(F)(F)F)c4)nc23)cc1C1CCCC1. The normalized spacial score (nSPS) is 14.7. The Morgan fingerprint density at radius 2 is 1.86 bits per heavy atom. The van der Waals surface area contributed by atoms with Crippen molar-refractivity contribution in [1.29, 1.82) is 0 Å². The quantitative estimate of drug-likeness (QED) is 0.298. The Morgan fingerprint density at radius 1 is 1.11 bits per heavy atom. The molecule has 0 spiro atoms. The zero-order chi connectivity index (χ0) is 24.9. The number of alkyl halides is 3. The van der Waals surface area contributed by atoms with E-state index in [9.17, 15) is 23.1 Å². The van der Waals surface area contributed by atoms with Gasteiger partial charge in [-0.15, -0.1) is 0 Å². The van der Waals surface area contributed by atoms with Crippen molar-refractivity contribution in [2.75, 3.05) is 0 Å². The number of carboxylic acids is 1. The molecule has 1 aliphatic rings. The molecule has 1 aliphatic carbocycles. The minimum absolute atomic E-state index is 0.0436. The van der Waals surface area contributed by atoms with Gasteiger partial charge < -0.3 is 5.11 Å². The van der Waals surface area contributed by atoms with E-state index in [0.29, 0.717) is 11.1 Å². The van der Waals surface area contributed by atoms with Crippen LogP contribution in [0.4, 0.5) is 17.6 Å². The first-order valence-electron chi connectivity index (χ1n) is 10.9. The van der Waals surface area contributed by atoms with Crippen LogP contribution in [0.25, 0.3) is 27.8 Å². The summed E-state index contributed by atoms with van der Waals surface area (Å²) in [4.78, 5) is 15.8. The number of pyridine rings is 1. The summed E-state index contributed by atoms with van der Waals surface area (Å²) in [5.41, 5.74) is 0.846. The van der Waals surface area contributed by atoms with Gasteiger partial charge in [0.25, 0.3) is 0 Å². The maximum absolute atomic E-state index is 15.1. The molecule has 5 rings (SSSR count). The molecule has 1 saturated carbocycles. The van der Waals surface area contributed by atoms with E-state index >= 15 is 4.39 Å². The van der Waals surface area contributed by atoms with Crippen LogP contribution >= 0.6 is 11.6 Å². The highest BCUT2D eigenvalue weighted by molar-refractivity contribution is 6.30. The lowest BCUT2D eigenvalue weighted by atomic mass is 9.89. The number of benzene rings is 2. The van der Waals surface area contributed by atoms with Crippen molar-refractivity contribution in [2.24, 2.45) is 0 Å². The molecule has 0 amide bonds. The van der Waals surface area contributed by atoms with Crippen LogP contribution in [-0.4, -0.2) is 25.8 Å². The molecular formula is C25H18ClF4N3O2. The van der Waals surface area contributed by atoms with Gasteiger partial charge in [0.15, 0.2) is 5.82 Å². The molecule has 0 unspecified atom stereocenters. The van der Waals surface area contributed by atoms with Crippen LogP contribution in [0.3, 0.4) is 0 Å². The van der Waals surface area contributed by atoms with Crippen LogP contribution in [0.5, 0.6) is 0 Å². The summed E-state index contributed by atoms with van der Waals surface area (Å²) in [6.45, 7) is 0. The van der Waals surface area contributed by atoms with Crippen LogP contribution in [0.2, 0.25) is 5.02 Å². The van der Waals surface area contributed by atoms with E-state index in [0.717, 1.165) is 44.0 Å². The van der Waals surface area contributed by atoms with Gasteiger partial charge in [-0.2, -0.15) is 18.3 Å². The van der Waals surface area contributed by atoms with E-state index < -0.39 is 23.5 Å². The molecule has 2 heterocycles. The van der Waals surface area contributed by atoms with Crippen molar-refractivity contribution in [3.8, 4) is 16.8 Å². The molecule has 0 bridgehead atoms. The van der Waals surface area contributed by atoms with Gasteiger partial charge in [-0.1, -0.05) is 30.5 Å². The fourth-order valence-electron chi connectivity index (χ4n) is 4.71. The zero-order valence-corrected chi connectivity index (χ0v) is 18.9. The van der Waals surface area contributed by atoms with Crippen molar-refractivity contribution in [3.63, 3.8) is 0 Å². The Kier molecular flexibility index (Phi) is 5.75. The average Bonchev–Trinajstić information content (AvgIpc) is 3.48. The van der Waals surface area contributed by atoms with Gasteiger partial charge in [0.2, 0.25) is 0 Å². The second-order valence-electron chi connectivity index (χ2n) is 8.57. The Bertz CT molecular complexity index is 1460. The van der Waals surface area contributed by atoms with Crippen molar-refractivity contribution in [1.82, 2.24) is 14.8 Å². The maximum Gasteiger partial charge on any atom is 0.416 e. The van der Waals surface area contributed by atoms with Gasteiger partial charge >= 0.3 is 12.1 Å². The first kappa shape index (κ1) is 23.3. The van der Waals surface area contributed by atoms with E-state index in [4.69, 9.17) is 11.6 Å². The van der Waals surface area contributed by atoms with E-state index in [1.165, 1.54) is 29.1 Å². The highest BCUT2D eigenvalue weighted by Gasteiger charge is 2.31. The Hall–Kier alpha value is -3.46. The summed E-state index contributed by atoms with van der Waals surface area (Å²) < 4.78 is 56.1. The van der Waals surface area contributed by atoms with Gasteiger partial charge in [-0.05, 0) is 60.2 Å². The molecule has 5 nitrogen and oxygen atoms in total. The smallest absolute Gasteiger partial charge is 0.416 e. The van der Waals surface area contributed by atoms with Crippen LogP contribution < -0.4 is 0 Å². The number of rotatable bonds is 4. The zero-order valence-electron chi connectivity index (χ0n) is 18.1. The van der Waals surface area contributed by atoms with Crippen LogP contribution in [0.1, 0.15) is 53.1 Å². The standard InChI is InChI=1S/C25H18ClF4N3O2/c26-16-8-15(25(28,29)30)9-17(10-16)33-12-21-23(32-33)22(20(27)11-31-21)14-5-6-18(24(34)35)19(7-14)13-3-1-2-4-13/h5-13H,1-4H2,(H,34,35). The van der Waals surface area contributed by atoms with E-state index in [1.54, 1.807) is 6.07 Å². The van der Waals surface area contributed by atoms with Crippen LogP contribution in [-0.2, 0) is 6.18 Å². The molecule has 35 heavy (non-hydrogen) atoms. The summed E-state index contributed by atoms with van der Waals surface area (Å²) in [5, 5.41) is 13.9. The Morgan fingerprint density at radius 3 is 2.54 bits per heavy atom. The first-order valence-corrected chi connectivity index (χ1v) is 11.3. The number of carbonyl (C=O) groups is 1. The second-order valence-corrected chi connectivity index (χ2v) is 9.01. The fraction of sp³-hybridized carbons (Fsp3) is 0.240. The predicted octanol–water partition coefficient (Wildman–Crippen LogP) is 7.25. The number of carboxylic acid groups (broad SMARTS) is 1. The average molecular weight is 504 g/mol. The lowest BCUT2D eigenvalue weighted by Crippen LogP contribution is -2.07. The lowest BCUT2D eigenvalue weighted by Gasteiger charge is -2.15. The van der Waals surface area contributed by atoms with Crippen LogP contribution in [0, 0.1) is 5.82 Å². The molecule has 10 heteroatoms. The number of aromatic nitrogens is 3. The van der Waals surface area contributed by atoms with Crippen molar-refractivity contribution in [2.45, 2.75) is 37.8 Å². The molecule has 0 saturated heterocycles. The summed E-state index contributed by atoms with van der Waals surface area (Å²) in [6, 6.07) is 7.68. The summed E-state index contributed by atoms with van der Waals surface area (Å²) in [5.74, 6) is -1.67. The van der Waals surface area contributed by atoms with Gasteiger partial charge in [0, 0.05) is 10.6 Å². The first-order chi connectivity index (χ1) is 16.6. The number of halogens is 5. The van der Waals surface area contributed by atoms with E-state index in [2.05, 4.69) is 10.1 Å². The number of hydrogen-bond acceptors (Lipinski definition) is 3. The largest absolute Gasteiger partial charge is 0.478 e. The van der Waals surface area contributed by atoms with E-state index in [-0.39, 0.29) is 38.8 Å². The van der Waals surface area contributed by atoms with Gasteiger partial charge in [0.1, 0.15) is 11.0 Å². The monoisotopic (exact) mass is 503 g/mol. The van der Waals surface area contributed by atoms with Crippen molar-refractivity contribution >= 4 is 28.6 Å². The summed E-state index contributed by atoms with van der Waals surface area (Å²) in [6.07, 6.45) is 1.49. The van der Waals surface area contributed by atoms with Gasteiger partial charge in [-0.25, -0.2) is 18.9 Å². The molecule has 2 aromatic heterocycles. The number of hydrogen-bond donors (Lipinski definition) is 1. The number of aromatic carboxylic acids is 1. The van der Waals surface area contributed by atoms with Gasteiger partial charge in [-0.3, -0.25) is 0 Å². The minimum atomic E-state index is -4.61. The van der Waals surface area contributed by atoms with Crippen LogP contribution in [0.15, 0.2) is 48.8 Å². The third-order valence-corrected chi connectivity index (χ3v) is 6.55.